The molecule has 5 heteroatoms. The first-order valence-electron chi connectivity index (χ1n) is 4.97. The zero-order valence-electron chi connectivity index (χ0n) is 8.49. The molecule has 1 unspecified atom stereocenters. The average molecular weight is 305 g/mol. The second-order valence-corrected chi connectivity index (χ2v) is 5.00. The van der Waals surface area contributed by atoms with E-state index in [1.807, 2.05) is 0 Å². The summed E-state index contributed by atoms with van der Waals surface area (Å²) < 4.78 is 0.719. The molecular formula is C11H11BrClNO2. The fraction of sp³-hybridized carbons (Fsp3) is 0.364. The van der Waals surface area contributed by atoms with Crippen LogP contribution < -0.4 is 4.90 Å². The minimum Gasteiger partial charge on any atom is -0.506 e. The third-order valence-corrected chi connectivity index (χ3v) is 3.74. The maximum Gasteiger partial charge on any atom is 0.227 e. The fourth-order valence-corrected chi connectivity index (χ4v) is 2.65. The van der Waals surface area contributed by atoms with E-state index in [0.717, 1.165) is 4.47 Å². The summed E-state index contributed by atoms with van der Waals surface area (Å²) in [6.07, 6.45) is 0.449. The molecule has 86 valence electrons. The number of carbonyl (C=O) groups excluding carboxylic acids is 1. The first-order valence-corrected chi connectivity index (χ1v) is 6.30. The minimum atomic E-state index is 0.00727. The van der Waals surface area contributed by atoms with Crippen LogP contribution in [0.4, 0.5) is 5.69 Å². The number of rotatable bonds is 2. The fourth-order valence-electron chi connectivity index (χ4n) is 1.87. The molecule has 0 aliphatic carbocycles. The molecule has 3 nitrogen and oxygen atoms in total. The summed E-state index contributed by atoms with van der Waals surface area (Å²) in [5.74, 6) is 0.749. The zero-order valence-corrected chi connectivity index (χ0v) is 10.8. The number of nitrogens with zero attached hydrogens (tertiary/aromatic N) is 1. The lowest BCUT2D eigenvalue weighted by molar-refractivity contribution is -0.117. The smallest absolute Gasteiger partial charge is 0.227 e. The summed E-state index contributed by atoms with van der Waals surface area (Å²) >= 11 is 9.09. The van der Waals surface area contributed by atoms with Gasteiger partial charge in [0.05, 0.1) is 0 Å². The predicted octanol–water partition coefficient (Wildman–Crippen LogP) is 2.75. The first-order chi connectivity index (χ1) is 7.63. The Bertz CT molecular complexity index is 404. The van der Waals surface area contributed by atoms with Gasteiger partial charge in [0, 0.05) is 23.3 Å². The minimum absolute atomic E-state index is 0.00727. The number of amides is 1. The quantitative estimate of drug-likeness (QED) is 0.854. The molecule has 1 aliphatic rings. The van der Waals surface area contributed by atoms with Crippen molar-refractivity contribution >= 4 is 39.1 Å². The molecule has 1 aromatic carbocycles. The second-order valence-electron chi connectivity index (χ2n) is 3.84. The highest BCUT2D eigenvalue weighted by Crippen LogP contribution is 2.38. The monoisotopic (exact) mass is 303 g/mol. The van der Waals surface area contributed by atoms with Crippen molar-refractivity contribution in [1.82, 2.24) is 0 Å². The molecule has 2 rings (SSSR count). The Morgan fingerprint density at radius 3 is 2.88 bits per heavy atom. The van der Waals surface area contributed by atoms with Crippen molar-refractivity contribution in [2.45, 2.75) is 6.42 Å². The van der Waals surface area contributed by atoms with E-state index < -0.39 is 0 Å². The van der Waals surface area contributed by atoms with Crippen LogP contribution in [0.2, 0.25) is 0 Å². The number of alkyl halides is 1. The highest BCUT2D eigenvalue weighted by atomic mass is 79.9. The van der Waals surface area contributed by atoms with Gasteiger partial charge in [0.25, 0.3) is 0 Å². The topological polar surface area (TPSA) is 40.5 Å². The number of aromatic hydroxyl groups is 1. The Hall–Kier alpha value is -0.740. The van der Waals surface area contributed by atoms with Crippen LogP contribution in [-0.4, -0.2) is 23.4 Å². The van der Waals surface area contributed by atoms with Crippen LogP contribution in [0.15, 0.2) is 22.7 Å². The lowest BCUT2D eigenvalue weighted by Gasteiger charge is -2.19. The van der Waals surface area contributed by atoms with Crippen LogP contribution >= 0.6 is 27.5 Å². The second kappa shape index (κ2) is 4.63. The maximum absolute atomic E-state index is 11.8. The summed E-state index contributed by atoms with van der Waals surface area (Å²) in [6, 6.07) is 5.10. The van der Waals surface area contributed by atoms with E-state index in [1.54, 1.807) is 23.1 Å². The summed E-state index contributed by atoms with van der Waals surface area (Å²) in [5.41, 5.74) is 0.542. The molecule has 1 atom stereocenters. The Balaban J connectivity index is 2.35. The molecule has 0 aromatic heterocycles. The number of para-hydroxylation sites is 1. The molecule has 1 aliphatic heterocycles. The van der Waals surface area contributed by atoms with Gasteiger partial charge in [-0.15, -0.1) is 11.6 Å². The van der Waals surface area contributed by atoms with Crippen molar-refractivity contribution in [3.8, 4) is 5.75 Å². The molecule has 1 fully saturated rings. The predicted molar refractivity (Wildman–Crippen MR) is 67.0 cm³/mol. The molecule has 0 spiro atoms. The Morgan fingerprint density at radius 2 is 2.31 bits per heavy atom. The Labute approximate surface area is 107 Å². The van der Waals surface area contributed by atoms with Gasteiger partial charge in [-0.2, -0.15) is 0 Å². The van der Waals surface area contributed by atoms with Gasteiger partial charge in [-0.3, -0.25) is 4.79 Å². The largest absolute Gasteiger partial charge is 0.506 e. The van der Waals surface area contributed by atoms with Crippen molar-refractivity contribution in [3.63, 3.8) is 0 Å². The van der Waals surface area contributed by atoms with E-state index in [2.05, 4.69) is 15.9 Å². The van der Waals surface area contributed by atoms with Gasteiger partial charge in [0.2, 0.25) is 5.91 Å². The number of anilines is 1. The van der Waals surface area contributed by atoms with Crippen LogP contribution in [0.25, 0.3) is 0 Å². The third kappa shape index (κ3) is 2.04. The summed E-state index contributed by atoms with van der Waals surface area (Å²) in [6.45, 7) is 0.568. The van der Waals surface area contributed by atoms with Crippen LogP contribution in [-0.2, 0) is 4.79 Å². The van der Waals surface area contributed by atoms with Crippen molar-refractivity contribution in [3.05, 3.63) is 22.7 Å². The van der Waals surface area contributed by atoms with E-state index in [4.69, 9.17) is 11.6 Å². The molecule has 1 saturated heterocycles. The van der Waals surface area contributed by atoms with Crippen molar-refractivity contribution in [1.29, 1.82) is 0 Å². The van der Waals surface area contributed by atoms with Crippen LogP contribution in [0, 0.1) is 5.92 Å². The lowest BCUT2D eigenvalue weighted by Crippen LogP contribution is -2.25. The molecule has 1 N–H and O–H groups in total. The van der Waals surface area contributed by atoms with Crippen LogP contribution in [0.1, 0.15) is 6.42 Å². The molecule has 0 saturated carbocycles. The van der Waals surface area contributed by atoms with E-state index in [1.165, 1.54) is 0 Å². The van der Waals surface area contributed by atoms with Crippen molar-refractivity contribution < 1.29 is 9.90 Å². The molecule has 1 aromatic rings. The molecule has 1 heterocycles. The van der Waals surface area contributed by atoms with E-state index >= 15 is 0 Å². The van der Waals surface area contributed by atoms with Gasteiger partial charge in [0.15, 0.2) is 0 Å². The van der Waals surface area contributed by atoms with Gasteiger partial charge < -0.3 is 10.0 Å². The van der Waals surface area contributed by atoms with E-state index in [-0.39, 0.29) is 17.6 Å². The molecule has 1 amide bonds. The first kappa shape index (κ1) is 11.7. The standard InChI is InChI=1S/C11H11BrClNO2/c12-8-2-1-3-9(15)11(8)14-6-7(5-13)4-10(14)16/h1-3,7,15H,4-6H2. The van der Waals surface area contributed by atoms with Crippen LogP contribution in [0.3, 0.4) is 0 Å². The van der Waals surface area contributed by atoms with Crippen molar-refractivity contribution in [2.75, 3.05) is 17.3 Å². The lowest BCUT2D eigenvalue weighted by atomic mass is 10.1. The van der Waals surface area contributed by atoms with Gasteiger partial charge >= 0.3 is 0 Å². The highest BCUT2D eigenvalue weighted by Gasteiger charge is 2.32. The Kier molecular flexibility index (Phi) is 3.40. The number of carbonyl (C=O) groups is 1. The SMILES string of the molecule is O=C1CC(CCl)CN1c1c(O)cccc1Br. The van der Waals surface area contributed by atoms with Gasteiger partial charge in [-0.05, 0) is 34.0 Å². The number of halogens is 2. The molecular weight excluding hydrogens is 293 g/mol. The molecule has 0 bridgehead atoms. The number of phenols is 1. The normalized spacial score (nSPS) is 20.5. The average Bonchev–Trinajstić information content (AvgIpc) is 2.60. The number of hydrogen-bond donors (Lipinski definition) is 1. The van der Waals surface area contributed by atoms with Crippen LogP contribution in [0.5, 0.6) is 5.75 Å². The summed E-state index contributed by atoms with van der Waals surface area (Å²) in [5, 5.41) is 9.77. The van der Waals surface area contributed by atoms with Crippen molar-refractivity contribution in [2.24, 2.45) is 5.92 Å². The maximum atomic E-state index is 11.8. The third-order valence-electron chi connectivity index (χ3n) is 2.66. The van der Waals surface area contributed by atoms with Gasteiger partial charge in [0.1, 0.15) is 11.4 Å². The summed E-state index contributed by atoms with van der Waals surface area (Å²) in [7, 11) is 0. The number of phenolic OH excluding ortho intramolecular Hbond substituents is 1. The number of benzene rings is 1. The van der Waals surface area contributed by atoms with E-state index in [9.17, 15) is 9.90 Å². The highest BCUT2D eigenvalue weighted by molar-refractivity contribution is 9.10. The number of hydrogen-bond acceptors (Lipinski definition) is 2. The Morgan fingerprint density at radius 1 is 1.56 bits per heavy atom. The zero-order chi connectivity index (χ0) is 11.7. The molecule has 0 radical (unpaired) electrons. The molecule has 16 heavy (non-hydrogen) atoms. The summed E-state index contributed by atoms with van der Waals surface area (Å²) in [4.78, 5) is 13.4. The van der Waals surface area contributed by atoms with Gasteiger partial charge in [-0.1, -0.05) is 6.07 Å². The van der Waals surface area contributed by atoms with E-state index in [0.29, 0.717) is 24.5 Å². The van der Waals surface area contributed by atoms with Gasteiger partial charge in [-0.25, -0.2) is 0 Å².